The van der Waals surface area contributed by atoms with Crippen molar-refractivity contribution in [3.63, 3.8) is 0 Å². The van der Waals surface area contributed by atoms with E-state index in [1.165, 1.54) is 149 Å². The maximum Gasteiger partial charge on any atom is 0.252 e. The molecule has 5 heteroatoms. The Morgan fingerprint density at radius 3 is 0.850 bits per heavy atom. The van der Waals surface area contributed by atoms with Crippen LogP contribution in [-0.4, -0.2) is 25.8 Å². The lowest BCUT2D eigenvalue weighted by Gasteiger charge is -2.34. The zero-order valence-electron chi connectivity index (χ0n) is 68.1. The third-order valence-corrected chi connectivity index (χ3v) is 23.5. The summed E-state index contributed by atoms with van der Waals surface area (Å²) in [4.78, 5) is 11.4. The highest BCUT2D eigenvalue weighted by molar-refractivity contribution is 7.00. The van der Waals surface area contributed by atoms with Crippen LogP contribution in [-0.2, 0) is 43.3 Å². The van der Waals surface area contributed by atoms with Crippen molar-refractivity contribution in [2.75, 3.05) is 0 Å². The van der Waals surface area contributed by atoms with Gasteiger partial charge in [0, 0.05) is 60.6 Å². The summed E-state index contributed by atoms with van der Waals surface area (Å²) in [6, 6.07) is 83.1. The van der Waals surface area contributed by atoms with Crippen molar-refractivity contribution in [1.82, 2.24) is 19.1 Å². The molecule has 0 atom stereocenters. The van der Waals surface area contributed by atoms with Crippen LogP contribution in [0.2, 0.25) is 0 Å². The predicted molar refractivity (Wildman–Crippen MR) is 463 cm³/mol. The van der Waals surface area contributed by atoms with E-state index in [2.05, 4.69) is 388 Å². The zero-order chi connectivity index (χ0) is 76.1. The molecule has 0 bridgehead atoms. The normalized spacial score (nSPS) is 13.6. The number of hydrogen-bond acceptors (Lipinski definition) is 2. The summed E-state index contributed by atoms with van der Waals surface area (Å²) in [7, 11) is 0. The Hall–Kier alpha value is -9.84. The minimum absolute atomic E-state index is 0.0669. The molecule has 3 aromatic heterocycles. The Kier molecular flexibility index (Phi) is 16.2. The van der Waals surface area contributed by atoms with Gasteiger partial charge in [0.2, 0.25) is 0 Å². The smallest absolute Gasteiger partial charge is 0.252 e. The molecular weight excluding hydrogens is 1290 g/mol. The quantitative estimate of drug-likeness (QED) is 0.149. The van der Waals surface area contributed by atoms with Crippen LogP contribution in [0, 0.1) is 0 Å². The third-order valence-electron chi connectivity index (χ3n) is 23.5. The molecule has 0 aliphatic carbocycles. The lowest BCUT2D eigenvalue weighted by Crippen LogP contribution is -2.59. The standard InChI is InChI=1S/C102H107BN4/c1-95(2,3)69-43-64(44-70(55-69)96(4,5)6)62-35-41-85-79(51-62)89-77(66-47-73(99(13,14)15)57-74(48-66)100(16,17)18)37-39-81-92(89)106(85)87-53-68(94-104-83(60-31-27-25-28-32-60)59-84(105-94)61-33-29-26-30-34-61)54-88-91(87)103(81)82-40-38-78(67-49-75(101(19,20)21)58-76(50-67)102(22,23)24)90-80-52-63(36-42-86(80)107(88)93(82)90)65-45-71(97(7,8)9)56-72(46-65)98(10,11)12/h25-59H,1-24H3. The van der Waals surface area contributed by atoms with Crippen molar-refractivity contribution in [3.05, 3.63) is 257 Å². The monoisotopic (exact) mass is 1400 g/mol. The summed E-state index contributed by atoms with van der Waals surface area (Å²) >= 11 is 0. The molecule has 0 radical (unpaired) electrons. The van der Waals surface area contributed by atoms with Gasteiger partial charge in [-0.1, -0.05) is 336 Å². The zero-order valence-corrected chi connectivity index (χ0v) is 68.1. The largest absolute Gasteiger partial charge is 0.310 e. The molecule has 0 unspecified atom stereocenters. The molecule has 4 nitrogen and oxygen atoms in total. The Bertz CT molecular complexity index is 5500. The van der Waals surface area contributed by atoms with Crippen LogP contribution in [0.5, 0.6) is 0 Å². The van der Waals surface area contributed by atoms with E-state index < -0.39 is 0 Å². The molecule has 0 amide bonds. The minimum atomic E-state index is -0.182. The van der Waals surface area contributed by atoms with Gasteiger partial charge in [-0.2, -0.15) is 0 Å². The summed E-state index contributed by atoms with van der Waals surface area (Å²) in [6.07, 6.45) is 0. The van der Waals surface area contributed by atoms with Crippen molar-refractivity contribution in [2.24, 2.45) is 0 Å². The van der Waals surface area contributed by atoms with Crippen LogP contribution in [0.4, 0.5) is 0 Å². The first-order valence-corrected chi connectivity index (χ1v) is 39.1. The lowest BCUT2D eigenvalue weighted by atomic mass is 9.34. The van der Waals surface area contributed by atoms with Gasteiger partial charge in [-0.25, -0.2) is 9.97 Å². The average molecular weight is 1400 g/mol. The Morgan fingerprint density at radius 2 is 0.551 bits per heavy atom. The first kappa shape index (κ1) is 71.4. The van der Waals surface area contributed by atoms with E-state index in [-0.39, 0.29) is 50.0 Å². The van der Waals surface area contributed by atoms with Gasteiger partial charge in [0.1, 0.15) is 0 Å². The molecule has 16 rings (SSSR count). The number of fused-ring (bicyclic) bond motifs is 10. The number of hydrogen-bond donors (Lipinski definition) is 0. The SMILES string of the molecule is CC(C)(C)c1cc(-c2ccc3c(c2)c2c(-c4cc(C(C)(C)C)cc(C(C)(C)C)c4)ccc4c2n3-c2cc(-c3nc(-c5ccccc5)cc(-c5ccccc5)n3)cc3c2B4c2ccc(-c4cc(C(C)(C)C)cc(C(C)(C)C)c4)c4c5cc(-c6cc(C(C)(C)C)cc(C(C)(C)C)c6)ccc5n-3c24)cc(C(C)(C)C)c1. The summed E-state index contributed by atoms with van der Waals surface area (Å²) < 4.78 is 5.36. The molecule has 0 saturated carbocycles. The Morgan fingerprint density at radius 1 is 0.252 bits per heavy atom. The Labute approximate surface area is 637 Å². The van der Waals surface area contributed by atoms with E-state index in [0.717, 1.165) is 39.5 Å². The van der Waals surface area contributed by atoms with Crippen molar-refractivity contribution in [1.29, 1.82) is 0 Å². The second-order valence-electron chi connectivity index (χ2n) is 39.7. The average Bonchev–Trinajstić information content (AvgIpc) is 1.54. The molecule has 5 heterocycles. The number of aromatic nitrogens is 4. The molecule has 2 aliphatic rings. The molecule has 0 fully saturated rings. The molecule has 107 heavy (non-hydrogen) atoms. The van der Waals surface area contributed by atoms with Gasteiger partial charge in [-0.05, 0) is 191 Å². The maximum absolute atomic E-state index is 5.72. The van der Waals surface area contributed by atoms with E-state index in [4.69, 9.17) is 9.97 Å². The van der Waals surface area contributed by atoms with Crippen LogP contribution >= 0.6 is 0 Å². The summed E-state index contributed by atoms with van der Waals surface area (Å²) in [6.45, 7) is 56.5. The predicted octanol–water partition coefficient (Wildman–Crippen LogP) is 25.9. The molecule has 0 spiro atoms. The van der Waals surface area contributed by atoms with Gasteiger partial charge in [0.25, 0.3) is 6.71 Å². The topological polar surface area (TPSA) is 35.6 Å². The number of rotatable bonds is 7. The van der Waals surface area contributed by atoms with E-state index >= 15 is 0 Å². The fourth-order valence-electron chi connectivity index (χ4n) is 16.8. The van der Waals surface area contributed by atoms with Gasteiger partial charge in [-0.15, -0.1) is 0 Å². The lowest BCUT2D eigenvalue weighted by molar-refractivity contribution is 0.568. The fourth-order valence-corrected chi connectivity index (χ4v) is 16.8. The first-order valence-electron chi connectivity index (χ1n) is 39.1. The highest BCUT2D eigenvalue weighted by Crippen LogP contribution is 2.50. The van der Waals surface area contributed by atoms with Crippen molar-refractivity contribution < 1.29 is 0 Å². The molecule has 538 valence electrons. The number of benzene rings is 11. The third kappa shape index (κ3) is 12.4. The maximum atomic E-state index is 5.72. The van der Waals surface area contributed by atoms with Gasteiger partial charge < -0.3 is 9.13 Å². The molecule has 0 N–H and O–H groups in total. The molecular formula is C102H107BN4. The van der Waals surface area contributed by atoms with Crippen molar-refractivity contribution in [2.45, 2.75) is 209 Å². The first-order chi connectivity index (χ1) is 50.1. The van der Waals surface area contributed by atoms with Crippen molar-refractivity contribution in [3.8, 4) is 89.8 Å². The van der Waals surface area contributed by atoms with Crippen LogP contribution in [0.1, 0.15) is 211 Å². The van der Waals surface area contributed by atoms with E-state index in [1.54, 1.807) is 0 Å². The number of nitrogens with zero attached hydrogens (tertiary/aromatic N) is 4. The molecule has 0 saturated heterocycles. The fraction of sp³-hybridized carbons (Fsp3) is 0.314. The highest BCUT2D eigenvalue weighted by Gasteiger charge is 2.43. The van der Waals surface area contributed by atoms with E-state index in [9.17, 15) is 0 Å². The van der Waals surface area contributed by atoms with E-state index in [1.807, 2.05) is 0 Å². The second kappa shape index (κ2) is 24.3. The van der Waals surface area contributed by atoms with Gasteiger partial charge >= 0.3 is 0 Å². The summed E-state index contributed by atoms with van der Waals surface area (Å²) in [5, 5.41) is 5.00. The molecule has 14 aromatic rings. The second-order valence-corrected chi connectivity index (χ2v) is 39.7. The minimum Gasteiger partial charge on any atom is -0.310 e. The van der Waals surface area contributed by atoms with Crippen LogP contribution in [0.15, 0.2) is 212 Å². The summed E-state index contributed by atoms with van der Waals surface area (Å²) in [5.41, 5.74) is 35.6. The van der Waals surface area contributed by atoms with Crippen molar-refractivity contribution >= 4 is 66.7 Å². The van der Waals surface area contributed by atoms with Gasteiger partial charge in [0.05, 0.1) is 22.4 Å². The van der Waals surface area contributed by atoms with Crippen LogP contribution in [0.25, 0.3) is 133 Å². The Balaban J connectivity index is 1.10. The summed E-state index contributed by atoms with van der Waals surface area (Å²) in [5.74, 6) is 0.675. The highest BCUT2D eigenvalue weighted by atomic mass is 15.0. The molecule has 11 aromatic carbocycles. The van der Waals surface area contributed by atoms with Crippen LogP contribution in [0.3, 0.4) is 0 Å². The van der Waals surface area contributed by atoms with Crippen LogP contribution < -0.4 is 16.4 Å². The van der Waals surface area contributed by atoms with Gasteiger partial charge in [0.15, 0.2) is 5.82 Å². The van der Waals surface area contributed by atoms with E-state index in [0.29, 0.717) is 5.82 Å². The van der Waals surface area contributed by atoms with Gasteiger partial charge in [-0.3, -0.25) is 0 Å². The molecule has 2 aliphatic heterocycles.